The van der Waals surface area contributed by atoms with Crippen molar-refractivity contribution in [3.63, 3.8) is 0 Å². The zero-order valence-electron chi connectivity index (χ0n) is 8.65. The SMILES string of the molecule is O=C(NC1CCCCC1)c1ccnnc1. The van der Waals surface area contributed by atoms with Gasteiger partial charge in [0.1, 0.15) is 0 Å². The highest BCUT2D eigenvalue weighted by Gasteiger charge is 2.16. The van der Waals surface area contributed by atoms with Gasteiger partial charge in [-0.2, -0.15) is 10.2 Å². The van der Waals surface area contributed by atoms with E-state index in [2.05, 4.69) is 15.5 Å². The van der Waals surface area contributed by atoms with Crippen LogP contribution in [0.15, 0.2) is 18.5 Å². The lowest BCUT2D eigenvalue weighted by Gasteiger charge is -2.22. The Labute approximate surface area is 89.1 Å². The van der Waals surface area contributed by atoms with Gasteiger partial charge in [-0.1, -0.05) is 19.3 Å². The van der Waals surface area contributed by atoms with Gasteiger partial charge in [-0.15, -0.1) is 0 Å². The van der Waals surface area contributed by atoms with Crippen molar-refractivity contribution in [2.45, 2.75) is 38.1 Å². The first-order valence-corrected chi connectivity index (χ1v) is 5.44. The van der Waals surface area contributed by atoms with Crippen LogP contribution in [0.5, 0.6) is 0 Å². The number of nitrogens with zero attached hydrogens (tertiary/aromatic N) is 2. The normalized spacial score (nSPS) is 17.3. The second-order valence-corrected chi connectivity index (χ2v) is 3.94. The molecule has 1 aliphatic carbocycles. The maximum Gasteiger partial charge on any atom is 0.253 e. The molecule has 1 N–H and O–H groups in total. The van der Waals surface area contributed by atoms with Crippen LogP contribution in [0.1, 0.15) is 42.5 Å². The van der Waals surface area contributed by atoms with Gasteiger partial charge in [0.15, 0.2) is 0 Å². The Bertz CT molecular complexity index is 320. The fraction of sp³-hybridized carbons (Fsp3) is 0.545. The molecule has 15 heavy (non-hydrogen) atoms. The van der Waals surface area contributed by atoms with E-state index in [4.69, 9.17) is 0 Å². The molecule has 4 nitrogen and oxygen atoms in total. The smallest absolute Gasteiger partial charge is 0.253 e. The Morgan fingerprint density at radius 1 is 1.27 bits per heavy atom. The van der Waals surface area contributed by atoms with Crippen molar-refractivity contribution in [3.05, 3.63) is 24.0 Å². The third-order valence-corrected chi connectivity index (χ3v) is 2.79. The van der Waals surface area contributed by atoms with E-state index in [0.29, 0.717) is 11.6 Å². The van der Waals surface area contributed by atoms with Crippen molar-refractivity contribution in [2.75, 3.05) is 0 Å². The van der Waals surface area contributed by atoms with Crippen LogP contribution in [0.3, 0.4) is 0 Å². The molecule has 1 heterocycles. The van der Waals surface area contributed by atoms with E-state index < -0.39 is 0 Å². The molecule has 0 radical (unpaired) electrons. The molecule has 1 aromatic rings. The Kier molecular flexibility index (Phi) is 3.27. The maximum atomic E-state index is 11.7. The first-order valence-electron chi connectivity index (χ1n) is 5.44. The van der Waals surface area contributed by atoms with Crippen LogP contribution in [0.2, 0.25) is 0 Å². The Hall–Kier alpha value is -1.45. The van der Waals surface area contributed by atoms with Crippen molar-refractivity contribution in [1.82, 2.24) is 15.5 Å². The first-order chi connectivity index (χ1) is 7.36. The molecule has 2 rings (SSSR count). The van der Waals surface area contributed by atoms with E-state index >= 15 is 0 Å². The summed E-state index contributed by atoms with van der Waals surface area (Å²) in [6, 6.07) is 2.03. The molecule has 1 saturated carbocycles. The molecule has 4 heteroatoms. The van der Waals surface area contributed by atoms with Crippen LogP contribution in [0.4, 0.5) is 0 Å². The summed E-state index contributed by atoms with van der Waals surface area (Å²) in [5.41, 5.74) is 0.593. The average molecular weight is 205 g/mol. The summed E-state index contributed by atoms with van der Waals surface area (Å²) in [7, 11) is 0. The van der Waals surface area contributed by atoms with Gasteiger partial charge in [0.2, 0.25) is 0 Å². The summed E-state index contributed by atoms with van der Waals surface area (Å²) >= 11 is 0. The summed E-state index contributed by atoms with van der Waals surface area (Å²) in [6.07, 6.45) is 8.98. The van der Waals surface area contributed by atoms with Crippen molar-refractivity contribution in [3.8, 4) is 0 Å². The predicted octanol–water partition coefficient (Wildman–Crippen LogP) is 1.54. The van der Waals surface area contributed by atoms with Gasteiger partial charge in [-0.3, -0.25) is 4.79 Å². The molecule has 1 aromatic heterocycles. The summed E-state index contributed by atoms with van der Waals surface area (Å²) in [5, 5.41) is 10.4. The Morgan fingerprint density at radius 2 is 2.07 bits per heavy atom. The molecular formula is C11H15N3O. The lowest BCUT2D eigenvalue weighted by molar-refractivity contribution is 0.0927. The predicted molar refractivity (Wildman–Crippen MR) is 56.4 cm³/mol. The Morgan fingerprint density at radius 3 is 2.73 bits per heavy atom. The monoisotopic (exact) mass is 205 g/mol. The van der Waals surface area contributed by atoms with Gasteiger partial charge in [0.25, 0.3) is 5.91 Å². The average Bonchev–Trinajstić information content (AvgIpc) is 2.31. The highest BCUT2D eigenvalue weighted by Crippen LogP contribution is 2.17. The highest BCUT2D eigenvalue weighted by molar-refractivity contribution is 5.93. The van der Waals surface area contributed by atoms with E-state index in [1.807, 2.05) is 0 Å². The van der Waals surface area contributed by atoms with Gasteiger partial charge in [0.05, 0.1) is 18.0 Å². The molecule has 0 atom stereocenters. The van der Waals surface area contributed by atoms with E-state index in [1.54, 1.807) is 6.07 Å². The van der Waals surface area contributed by atoms with E-state index in [1.165, 1.54) is 31.7 Å². The number of rotatable bonds is 2. The number of nitrogens with one attached hydrogen (secondary N) is 1. The Balaban J connectivity index is 1.91. The van der Waals surface area contributed by atoms with Crippen molar-refractivity contribution in [2.24, 2.45) is 0 Å². The number of carbonyl (C=O) groups is 1. The van der Waals surface area contributed by atoms with E-state index in [0.717, 1.165) is 12.8 Å². The first kappa shape index (κ1) is 10.1. The molecule has 0 aromatic carbocycles. The van der Waals surface area contributed by atoms with Gasteiger partial charge >= 0.3 is 0 Å². The van der Waals surface area contributed by atoms with Crippen LogP contribution in [0.25, 0.3) is 0 Å². The molecule has 80 valence electrons. The summed E-state index contributed by atoms with van der Waals surface area (Å²) < 4.78 is 0. The van der Waals surface area contributed by atoms with Crippen molar-refractivity contribution in [1.29, 1.82) is 0 Å². The quantitative estimate of drug-likeness (QED) is 0.796. The summed E-state index contributed by atoms with van der Waals surface area (Å²) in [6.45, 7) is 0. The van der Waals surface area contributed by atoms with Crippen molar-refractivity contribution < 1.29 is 4.79 Å². The third kappa shape index (κ3) is 2.75. The van der Waals surface area contributed by atoms with Gasteiger partial charge in [0, 0.05) is 6.04 Å². The minimum absolute atomic E-state index is 0.0307. The van der Waals surface area contributed by atoms with Crippen molar-refractivity contribution >= 4 is 5.91 Å². The second kappa shape index (κ2) is 4.87. The fourth-order valence-corrected chi connectivity index (χ4v) is 1.94. The van der Waals surface area contributed by atoms with E-state index in [9.17, 15) is 4.79 Å². The topological polar surface area (TPSA) is 54.9 Å². The second-order valence-electron chi connectivity index (χ2n) is 3.94. The number of carbonyl (C=O) groups excluding carboxylic acids is 1. The zero-order chi connectivity index (χ0) is 10.5. The fourth-order valence-electron chi connectivity index (χ4n) is 1.94. The summed E-state index contributed by atoms with van der Waals surface area (Å²) in [5.74, 6) is -0.0307. The van der Waals surface area contributed by atoms with Gasteiger partial charge in [-0.25, -0.2) is 0 Å². The van der Waals surface area contributed by atoms with Crippen LogP contribution in [-0.2, 0) is 0 Å². The largest absolute Gasteiger partial charge is 0.349 e. The molecule has 0 saturated heterocycles. The van der Waals surface area contributed by atoms with Crippen LogP contribution < -0.4 is 5.32 Å². The lowest BCUT2D eigenvalue weighted by atomic mass is 9.95. The van der Waals surface area contributed by atoms with Crippen LogP contribution >= 0.6 is 0 Å². The highest BCUT2D eigenvalue weighted by atomic mass is 16.1. The van der Waals surface area contributed by atoms with E-state index in [-0.39, 0.29) is 5.91 Å². The molecule has 0 bridgehead atoms. The zero-order valence-corrected chi connectivity index (χ0v) is 8.65. The minimum Gasteiger partial charge on any atom is -0.349 e. The maximum absolute atomic E-state index is 11.7. The molecule has 0 spiro atoms. The molecule has 0 unspecified atom stereocenters. The molecular weight excluding hydrogens is 190 g/mol. The van der Waals surface area contributed by atoms with Crippen LogP contribution in [0, 0.1) is 0 Å². The number of amides is 1. The molecule has 1 amide bonds. The van der Waals surface area contributed by atoms with Gasteiger partial charge < -0.3 is 5.32 Å². The number of aromatic nitrogens is 2. The molecule has 1 aliphatic rings. The third-order valence-electron chi connectivity index (χ3n) is 2.79. The van der Waals surface area contributed by atoms with Crippen LogP contribution in [-0.4, -0.2) is 22.1 Å². The number of hydrogen-bond donors (Lipinski definition) is 1. The lowest BCUT2D eigenvalue weighted by Crippen LogP contribution is -2.36. The van der Waals surface area contributed by atoms with Gasteiger partial charge in [-0.05, 0) is 18.9 Å². The number of hydrogen-bond acceptors (Lipinski definition) is 3. The standard InChI is InChI=1S/C11H15N3O/c15-11(9-6-7-12-13-8-9)14-10-4-2-1-3-5-10/h6-8,10H,1-5H2,(H,14,15). The minimum atomic E-state index is -0.0307. The molecule has 0 aliphatic heterocycles. The molecule has 1 fully saturated rings. The summed E-state index contributed by atoms with van der Waals surface area (Å²) in [4.78, 5) is 11.7.